The molecule has 23 heavy (non-hydrogen) atoms. The standard InChI is InChI=1S/C19H20N2OS/c23-19(20-12-16-5-3-9-22-16)21-15-7-8-18-14(11-15)10-13-4-1-2-6-17(13)18/h1-2,4,6-8,11,16H,3,5,9-10,12H2,(H2,20,21,23)/t16-/m1/s1. The summed E-state index contributed by atoms with van der Waals surface area (Å²) in [7, 11) is 0. The van der Waals surface area contributed by atoms with E-state index >= 15 is 0 Å². The lowest BCUT2D eigenvalue weighted by Crippen LogP contribution is -2.34. The summed E-state index contributed by atoms with van der Waals surface area (Å²) in [5.74, 6) is 0. The Morgan fingerprint density at radius 2 is 2.00 bits per heavy atom. The fraction of sp³-hybridized carbons (Fsp3) is 0.316. The minimum absolute atomic E-state index is 0.296. The molecule has 2 aromatic carbocycles. The fourth-order valence-corrected chi connectivity index (χ4v) is 3.61. The van der Waals surface area contributed by atoms with Crippen molar-refractivity contribution in [1.82, 2.24) is 5.32 Å². The van der Waals surface area contributed by atoms with Crippen LogP contribution in [-0.2, 0) is 11.2 Å². The molecule has 1 heterocycles. The van der Waals surface area contributed by atoms with Gasteiger partial charge < -0.3 is 15.4 Å². The molecule has 0 spiro atoms. The van der Waals surface area contributed by atoms with E-state index in [9.17, 15) is 0 Å². The van der Waals surface area contributed by atoms with E-state index in [0.717, 1.165) is 38.1 Å². The molecular weight excluding hydrogens is 304 g/mol. The first-order chi connectivity index (χ1) is 11.3. The number of rotatable bonds is 3. The maximum absolute atomic E-state index is 5.60. The van der Waals surface area contributed by atoms with Crippen LogP contribution in [0, 0.1) is 0 Å². The van der Waals surface area contributed by atoms with E-state index in [1.807, 2.05) is 0 Å². The molecule has 0 radical (unpaired) electrons. The lowest BCUT2D eigenvalue weighted by Gasteiger charge is -2.14. The van der Waals surface area contributed by atoms with Crippen LogP contribution in [0.3, 0.4) is 0 Å². The maximum Gasteiger partial charge on any atom is 0.170 e. The number of fused-ring (bicyclic) bond motifs is 3. The molecule has 4 rings (SSSR count). The normalized spacial score (nSPS) is 18.3. The molecule has 1 saturated heterocycles. The van der Waals surface area contributed by atoms with Crippen LogP contribution in [0.1, 0.15) is 24.0 Å². The van der Waals surface area contributed by atoms with E-state index in [2.05, 4.69) is 53.1 Å². The second-order valence-electron chi connectivity index (χ2n) is 6.18. The molecule has 0 bridgehead atoms. The molecule has 2 aromatic rings. The number of thiocarbonyl (C=S) groups is 1. The van der Waals surface area contributed by atoms with Gasteiger partial charge in [0, 0.05) is 18.8 Å². The maximum atomic E-state index is 5.60. The second kappa shape index (κ2) is 6.30. The summed E-state index contributed by atoms with van der Waals surface area (Å²) < 4.78 is 5.60. The summed E-state index contributed by atoms with van der Waals surface area (Å²) in [6.07, 6.45) is 3.56. The van der Waals surface area contributed by atoms with Crippen LogP contribution in [0.5, 0.6) is 0 Å². The highest BCUT2D eigenvalue weighted by molar-refractivity contribution is 7.80. The van der Waals surface area contributed by atoms with Gasteiger partial charge >= 0.3 is 0 Å². The zero-order valence-corrected chi connectivity index (χ0v) is 13.8. The third-order valence-corrected chi connectivity index (χ3v) is 4.81. The second-order valence-corrected chi connectivity index (χ2v) is 6.58. The average molecular weight is 324 g/mol. The van der Waals surface area contributed by atoms with Gasteiger partial charge in [0.1, 0.15) is 0 Å². The SMILES string of the molecule is S=C(NC[C@H]1CCCO1)Nc1ccc2c(c1)Cc1ccccc1-2. The Bertz CT molecular complexity index is 738. The molecule has 0 aromatic heterocycles. The molecule has 4 heteroatoms. The molecule has 2 aliphatic rings. The summed E-state index contributed by atoms with van der Waals surface area (Å²) in [6.45, 7) is 1.65. The molecule has 1 aliphatic heterocycles. The topological polar surface area (TPSA) is 33.3 Å². The molecule has 118 valence electrons. The summed E-state index contributed by atoms with van der Waals surface area (Å²) >= 11 is 5.39. The van der Waals surface area contributed by atoms with Gasteiger partial charge in [-0.2, -0.15) is 0 Å². The molecule has 3 nitrogen and oxygen atoms in total. The van der Waals surface area contributed by atoms with Crippen molar-refractivity contribution < 1.29 is 4.74 Å². The number of nitrogens with one attached hydrogen (secondary N) is 2. The van der Waals surface area contributed by atoms with Crippen LogP contribution in [0.15, 0.2) is 42.5 Å². The Balaban J connectivity index is 1.41. The monoisotopic (exact) mass is 324 g/mol. The first-order valence-electron chi connectivity index (χ1n) is 8.17. The van der Waals surface area contributed by atoms with Gasteiger partial charge in [-0.1, -0.05) is 30.3 Å². The first kappa shape index (κ1) is 14.7. The van der Waals surface area contributed by atoms with Crippen LogP contribution < -0.4 is 10.6 Å². The van der Waals surface area contributed by atoms with Crippen molar-refractivity contribution >= 4 is 23.0 Å². The molecule has 1 aliphatic carbocycles. The van der Waals surface area contributed by atoms with Crippen molar-refractivity contribution in [3.05, 3.63) is 53.6 Å². The number of hydrogen-bond donors (Lipinski definition) is 2. The van der Waals surface area contributed by atoms with E-state index in [1.165, 1.54) is 22.3 Å². The van der Waals surface area contributed by atoms with E-state index in [4.69, 9.17) is 17.0 Å². The Hall–Kier alpha value is -1.91. The van der Waals surface area contributed by atoms with Gasteiger partial charge in [-0.3, -0.25) is 0 Å². The lowest BCUT2D eigenvalue weighted by molar-refractivity contribution is 0.114. The van der Waals surface area contributed by atoms with Gasteiger partial charge in [-0.05, 0) is 65.9 Å². The molecule has 1 atom stereocenters. The third kappa shape index (κ3) is 3.09. The quantitative estimate of drug-likeness (QED) is 0.719. The Kier molecular flexibility index (Phi) is 4.02. The molecule has 1 fully saturated rings. The van der Waals surface area contributed by atoms with Gasteiger partial charge in [0.2, 0.25) is 0 Å². The highest BCUT2D eigenvalue weighted by atomic mass is 32.1. The molecule has 0 unspecified atom stereocenters. The minimum atomic E-state index is 0.296. The van der Waals surface area contributed by atoms with E-state index in [0.29, 0.717) is 11.2 Å². The summed E-state index contributed by atoms with van der Waals surface area (Å²) in [4.78, 5) is 0. The Labute approximate surface area is 142 Å². The number of ether oxygens (including phenoxy) is 1. The first-order valence-corrected chi connectivity index (χ1v) is 8.58. The fourth-order valence-electron chi connectivity index (χ4n) is 3.41. The molecular formula is C19H20N2OS. The predicted octanol–water partition coefficient (Wildman–Crippen LogP) is 3.72. The van der Waals surface area contributed by atoms with Crippen LogP contribution in [0.2, 0.25) is 0 Å². The number of benzene rings is 2. The van der Waals surface area contributed by atoms with E-state index in [1.54, 1.807) is 0 Å². The van der Waals surface area contributed by atoms with Crippen molar-refractivity contribution in [3.63, 3.8) is 0 Å². The lowest BCUT2D eigenvalue weighted by atomic mass is 10.1. The number of anilines is 1. The Morgan fingerprint density at radius 3 is 2.87 bits per heavy atom. The highest BCUT2D eigenvalue weighted by Gasteiger charge is 2.18. The zero-order valence-electron chi connectivity index (χ0n) is 13.0. The van der Waals surface area contributed by atoms with Crippen LogP contribution in [0.25, 0.3) is 11.1 Å². The average Bonchev–Trinajstić information content (AvgIpc) is 3.20. The van der Waals surface area contributed by atoms with Crippen molar-refractivity contribution in [2.24, 2.45) is 0 Å². The minimum Gasteiger partial charge on any atom is -0.376 e. The van der Waals surface area contributed by atoms with E-state index in [-0.39, 0.29) is 0 Å². The van der Waals surface area contributed by atoms with Crippen LogP contribution in [0.4, 0.5) is 5.69 Å². The van der Waals surface area contributed by atoms with Gasteiger partial charge in [0.05, 0.1) is 6.10 Å². The van der Waals surface area contributed by atoms with Crippen molar-refractivity contribution in [1.29, 1.82) is 0 Å². The van der Waals surface area contributed by atoms with Crippen molar-refractivity contribution in [3.8, 4) is 11.1 Å². The van der Waals surface area contributed by atoms with Crippen LogP contribution in [-0.4, -0.2) is 24.4 Å². The van der Waals surface area contributed by atoms with E-state index < -0.39 is 0 Å². The van der Waals surface area contributed by atoms with Gasteiger partial charge in [0.15, 0.2) is 5.11 Å². The third-order valence-electron chi connectivity index (χ3n) is 4.57. The number of hydrogen-bond acceptors (Lipinski definition) is 2. The largest absolute Gasteiger partial charge is 0.376 e. The van der Waals surface area contributed by atoms with Crippen LogP contribution >= 0.6 is 12.2 Å². The predicted molar refractivity (Wildman–Crippen MR) is 97.9 cm³/mol. The van der Waals surface area contributed by atoms with Crippen molar-refractivity contribution in [2.75, 3.05) is 18.5 Å². The van der Waals surface area contributed by atoms with Gasteiger partial charge in [-0.15, -0.1) is 0 Å². The molecule has 2 N–H and O–H groups in total. The highest BCUT2D eigenvalue weighted by Crippen LogP contribution is 2.37. The van der Waals surface area contributed by atoms with Crippen molar-refractivity contribution in [2.45, 2.75) is 25.4 Å². The Morgan fingerprint density at radius 1 is 1.13 bits per heavy atom. The zero-order chi connectivity index (χ0) is 15.6. The van der Waals surface area contributed by atoms with Gasteiger partial charge in [0.25, 0.3) is 0 Å². The smallest absolute Gasteiger partial charge is 0.170 e. The van der Waals surface area contributed by atoms with Gasteiger partial charge in [-0.25, -0.2) is 0 Å². The summed E-state index contributed by atoms with van der Waals surface area (Å²) in [6, 6.07) is 15.1. The molecule has 0 saturated carbocycles. The summed E-state index contributed by atoms with van der Waals surface area (Å²) in [5.41, 5.74) is 6.50. The molecule has 0 amide bonds. The summed E-state index contributed by atoms with van der Waals surface area (Å²) in [5, 5.41) is 7.20.